The van der Waals surface area contributed by atoms with E-state index in [1.807, 2.05) is 0 Å². The van der Waals surface area contributed by atoms with E-state index in [2.05, 4.69) is 20.4 Å². The van der Waals surface area contributed by atoms with Crippen LogP contribution in [0.25, 0.3) is 0 Å². The molecule has 1 aromatic rings. The van der Waals surface area contributed by atoms with Crippen LogP contribution < -0.4 is 15.8 Å². The second-order valence-electron chi connectivity index (χ2n) is 3.04. The monoisotopic (exact) mass is 180 g/mol. The lowest BCUT2D eigenvalue weighted by molar-refractivity contribution is 0.588. The third-order valence-corrected chi connectivity index (χ3v) is 2.13. The molecule has 0 bridgehead atoms. The van der Waals surface area contributed by atoms with Crippen LogP contribution in [0.5, 0.6) is 0 Å². The van der Waals surface area contributed by atoms with Gasteiger partial charge in [-0.25, -0.2) is 5.10 Å². The highest BCUT2D eigenvalue weighted by molar-refractivity contribution is 5.43. The lowest BCUT2D eigenvalue weighted by Gasteiger charge is -2.28. The Labute approximate surface area is 75.8 Å². The molecule has 0 aliphatic carbocycles. The predicted octanol–water partition coefficient (Wildman–Crippen LogP) is -0.820. The molecule has 0 atom stereocenters. The number of aromatic nitrogens is 2. The van der Waals surface area contributed by atoms with Gasteiger partial charge in [-0.2, -0.15) is 5.10 Å². The van der Waals surface area contributed by atoms with Crippen molar-refractivity contribution in [2.75, 3.05) is 31.1 Å². The molecule has 2 N–H and O–H groups in total. The van der Waals surface area contributed by atoms with Gasteiger partial charge in [-0.3, -0.25) is 4.79 Å². The van der Waals surface area contributed by atoms with Crippen molar-refractivity contribution in [2.45, 2.75) is 0 Å². The zero-order valence-corrected chi connectivity index (χ0v) is 7.29. The minimum atomic E-state index is -0.143. The van der Waals surface area contributed by atoms with E-state index in [-0.39, 0.29) is 5.56 Å². The molecule has 1 aliphatic rings. The van der Waals surface area contributed by atoms with Crippen molar-refractivity contribution in [1.82, 2.24) is 15.5 Å². The summed E-state index contributed by atoms with van der Waals surface area (Å²) in [5, 5.41) is 9.37. The maximum atomic E-state index is 11.0. The van der Waals surface area contributed by atoms with Crippen LogP contribution >= 0.6 is 0 Å². The van der Waals surface area contributed by atoms with Crippen LogP contribution in [0, 0.1) is 0 Å². The van der Waals surface area contributed by atoms with E-state index in [0.29, 0.717) is 0 Å². The Morgan fingerprint density at radius 3 is 2.85 bits per heavy atom. The van der Waals surface area contributed by atoms with Crippen molar-refractivity contribution in [1.29, 1.82) is 0 Å². The van der Waals surface area contributed by atoms with E-state index in [1.165, 1.54) is 0 Å². The molecule has 5 nitrogen and oxygen atoms in total. The standard InChI is InChI=1S/C8H12N4O/c13-8-5-7(6-10-11-8)12-3-1-9-2-4-12/h5-6,9H,1-4H2,(H,11,13). The average molecular weight is 180 g/mol. The summed E-state index contributed by atoms with van der Waals surface area (Å²) >= 11 is 0. The largest absolute Gasteiger partial charge is 0.368 e. The Bertz CT molecular complexity index is 329. The number of rotatable bonds is 1. The minimum absolute atomic E-state index is 0.143. The number of nitrogens with zero attached hydrogens (tertiary/aromatic N) is 2. The molecule has 1 saturated heterocycles. The fourth-order valence-electron chi connectivity index (χ4n) is 1.46. The van der Waals surface area contributed by atoms with Gasteiger partial charge in [-0.15, -0.1) is 0 Å². The average Bonchev–Trinajstić information content (AvgIpc) is 2.19. The Morgan fingerprint density at radius 2 is 2.15 bits per heavy atom. The van der Waals surface area contributed by atoms with Gasteiger partial charge in [0.1, 0.15) is 0 Å². The van der Waals surface area contributed by atoms with Gasteiger partial charge in [0.15, 0.2) is 0 Å². The van der Waals surface area contributed by atoms with Gasteiger partial charge in [-0.1, -0.05) is 0 Å². The van der Waals surface area contributed by atoms with Crippen LogP contribution in [0.15, 0.2) is 17.1 Å². The van der Waals surface area contributed by atoms with Crippen molar-refractivity contribution in [3.63, 3.8) is 0 Å². The smallest absolute Gasteiger partial charge is 0.266 e. The van der Waals surface area contributed by atoms with Gasteiger partial charge in [0.05, 0.1) is 11.9 Å². The second-order valence-corrected chi connectivity index (χ2v) is 3.04. The molecule has 2 rings (SSSR count). The molecule has 0 spiro atoms. The van der Waals surface area contributed by atoms with Crippen LogP contribution in [-0.4, -0.2) is 36.4 Å². The predicted molar refractivity (Wildman–Crippen MR) is 49.9 cm³/mol. The molecule has 1 aromatic heterocycles. The SMILES string of the molecule is O=c1cc(N2CCNCC2)cn[nH]1. The minimum Gasteiger partial charge on any atom is -0.368 e. The highest BCUT2D eigenvalue weighted by Gasteiger charge is 2.10. The first-order chi connectivity index (χ1) is 6.36. The van der Waals surface area contributed by atoms with Crippen molar-refractivity contribution in [3.8, 4) is 0 Å². The second kappa shape index (κ2) is 3.57. The molecule has 1 aliphatic heterocycles. The summed E-state index contributed by atoms with van der Waals surface area (Å²) in [5.41, 5.74) is 0.765. The van der Waals surface area contributed by atoms with Crippen LogP contribution in [-0.2, 0) is 0 Å². The van der Waals surface area contributed by atoms with Gasteiger partial charge < -0.3 is 10.2 Å². The number of hydrogen-bond donors (Lipinski definition) is 2. The zero-order valence-electron chi connectivity index (χ0n) is 7.29. The molecule has 0 radical (unpaired) electrons. The van der Waals surface area contributed by atoms with Crippen LogP contribution in [0.4, 0.5) is 5.69 Å². The van der Waals surface area contributed by atoms with E-state index in [1.54, 1.807) is 12.3 Å². The van der Waals surface area contributed by atoms with Crippen LogP contribution in [0.2, 0.25) is 0 Å². The summed E-state index contributed by atoms with van der Waals surface area (Å²) in [5.74, 6) is 0. The molecular formula is C8H12N4O. The van der Waals surface area contributed by atoms with Gasteiger partial charge in [0.2, 0.25) is 0 Å². The van der Waals surface area contributed by atoms with E-state index in [4.69, 9.17) is 0 Å². The van der Waals surface area contributed by atoms with E-state index >= 15 is 0 Å². The van der Waals surface area contributed by atoms with Crippen molar-refractivity contribution >= 4 is 5.69 Å². The molecule has 2 heterocycles. The fourth-order valence-corrected chi connectivity index (χ4v) is 1.46. The van der Waals surface area contributed by atoms with E-state index in [0.717, 1.165) is 31.9 Å². The molecule has 0 amide bonds. The number of hydrogen-bond acceptors (Lipinski definition) is 4. The summed E-state index contributed by atoms with van der Waals surface area (Å²) in [6.07, 6.45) is 1.69. The maximum absolute atomic E-state index is 11.0. The fraction of sp³-hybridized carbons (Fsp3) is 0.500. The number of piperazine rings is 1. The number of anilines is 1. The first-order valence-corrected chi connectivity index (χ1v) is 4.37. The highest BCUT2D eigenvalue weighted by Crippen LogP contribution is 2.08. The molecule has 13 heavy (non-hydrogen) atoms. The number of H-pyrrole nitrogens is 1. The Balaban J connectivity index is 2.19. The Morgan fingerprint density at radius 1 is 1.38 bits per heavy atom. The van der Waals surface area contributed by atoms with Crippen molar-refractivity contribution in [2.24, 2.45) is 0 Å². The lowest BCUT2D eigenvalue weighted by Crippen LogP contribution is -2.43. The third-order valence-electron chi connectivity index (χ3n) is 2.13. The summed E-state index contributed by atoms with van der Waals surface area (Å²) in [4.78, 5) is 13.1. The summed E-state index contributed by atoms with van der Waals surface area (Å²) in [6.45, 7) is 3.80. The Kier molecular flexibility index (Phi) is 2.27. The van der Waals surface area contributed by atoms with Crippen LogP contribution in [0.1, 0.15) is 0 Å². The topological polar surface area (TPSA) is 61.0 Å². The van der Waals surface area contributed by atoms with Crippen LogP contribution in [0.3, 0.4) is 0 Å². The van der Waals surface area contributed by atoms with Gasteiger partial charge in [0.25, 0.3) is 5.56 Å². The number of aromatic amines is 1. The molecule has 0 saturated carbocycles. The molecule has 0 unspecified atom stereocenters. The summed E-state index contributed by atoms with van der Waals surface area (Å²) in [6, 6.07) is 1.58. The normalized spacial score (nSPS) is 17.4. The van der Waals surface area contributed by atoms with E-state index in [9.17, 15) is 4.79 Å². The molecule has 0 aromatic carbocycles. The summed E-state index contributed by atoms with van der Waals surface area (Å²) in [7, 11) is 0. The van der Waals surface area contributed by atoms with Crippen molar-refractivity contribution in [3.05, 3.63) is 22.6 Å². The quantitative estimate of drug-likeness (QED) is 0.592. The first-order valence-electron chi connectivity index (χ1n) is 4.37. The first kappa shape index (κ1) is 8.25. The lowest BCUT2D eigenvalue weighted by atomic mass is 10.3. The molecule has 1 fully saturated rings. The maximum Gasteiger partial charge on any atom is 0.266 e. The van der Waals surface area contributed by atoms with Gasteiger partial charge >= 0.3 is 0 Å². The van der Waals surface area contributed by atoms with E-state index < -0.39 is 0 Å². The molecule has 5 heteroatoms. The Hall–Kier alpha value is -1.36. The summed E-state index contributed by atoms with van der Waals surface area (Å²) < 4.78 is 0. The number of nitrogens with one attached hydrogen (secondary N) is 2. The zero-order chi connectivity index (χ0) is 9.10. The molecule has 70 valence electrons. The van der Waals surface area contributed by atoms with Crippen molar-refractivity contribution < 1.29 is 0 Å². The van der Waals surface area contributed by atoms with Gasteiger partial charge in [-0.05, 0) is 0 Å². The molecular weight excluding hydrogens is 168 g/mol. The highest BCUT2D eigenvalue weighted by atomic mass is 16.1. The van der Waals surface area contributed by atoms with Gasteiger partial charge in [0, 0.05) is 32.2 Å². The third kappa shape index (κ3) is 1.86.